The standard InChI is InChI=1S/C31H23N3O/c1-3-11-21(12-4-1)29-32-30(22-13-5-2-6-14-22)34-31(33-29)26-17-9-16-24-25-19-18-20-10-7-8-15-23(20)27(25)35-28(24)26/h1-16,18-19,26,29H,17H2,(H,32,33,34). The molecular formula is C31H23N3O. The number of benzene rings is 4. The predicted molar refractivity (Wildman–Crippen MR) is 143 cm³/mol. The molecule has 1 aliphatic heterocycles. The fourth-order valence-electron chi connectivity index (χ4n) is 5.12. The molecule has 1 N–H and O–H groups in total. The quantitative estimate of drug-likeness (QED) is 0.313. The Morgan fingerprint density at radius 3 is 2.40 bits per heavy atom. The van der Waals surface area contributed by atoms with Crippen molar-refractivity contribution < 1.29 is 4.42 Å². The van der Waals surface area contributed by atoms with Gasteiger partial charge in [0.05, 0.1) is 5.92 Å². The third-order valence-corrected chi connectivity index (χ3v) is 6.86. The Balaban J connectivity index is 1.39. The van der Waals surface area contributed by atoms with Crippen LogP contribution >= 0.6 is 0 Å². The number of nitrogens with zero attached hydrogens (tertiary/aromatic N) is 2. The van der Waals surface area contributed by atoms with E-state index in [9.17, 15) is 0 Å². The molecule has 0 amide bonds. The zero-order valence-electron chi connectivity index (χ0n) is 19.1. The van der Waals surface area contributed by atoms with Gasteiger partial charge in [0.25, 0.3) is 0 Å². The summed E-state index contributed by atoms with van der Waals surface area (Å²) in [6.07, 6.45) is 5.00. The van der Waals surface area contributed by atoms with Crippen molar-refractivity contribution in [1.29, 1.82) is 0 Å². The fourth-order valence-corrected chi connectivity index (χ4v) is 5.12. The van der Waals surface area contributed by atoms with Crippen LogP contribution in [0.3, 0.4) is 0 Å². The van der Waals surface area contributed by atoms with Gasteiger partial charge >= 0.3 is 0 Å². The number of nitrogens with one attached hydrogen (secondary N) is 1. The van der Waals surface area contributed by atoms with Crippen LogP contribution in [0.4, 0.5) is 0 Å². The molecule has 0 fully saturated rings. The van der Waals surface area contributed by atoms with Crippen molar-refractivity contribution in [3.8, 4) is 0 Å². The van der Waals surface area contributed by atoms with Crippen LogP contribution in [0.5, 0.6) is 0 Å². The Labute approximate surface area is 203 Å². The molecule has 2 heterocycles. The summed E-state index contributed by atoms with van der Waals surface area (Å²) in [5, 5.41) is 7.00. The van der Waals surface area contributed by atoms with Gasteiger partial charge in [-0.15, -0.1) is 0 Å². The molecule has 2 unspecified atom stereocenters. The molecule has 1 aromatic heterocycles. The van der Waals surface area contributed by atoms with Crippen molar-refractivity contribution in [2.45, 2.75) is 18.5 Å². The highest BCUT2D eigenvalue weighted by Crippen LogP contribution is 2.41. The van der Waals surface area contributed by atoms with E-state index in [1.54, 1.807) is 0 Å². The van der Waals surface area contributed by atoms with Crippen molar-refractivity contribution >= 4 is 39.5 Å². The van der Waals surface area contributed by atoms with Gasteiger partial charge in [-0.25, -0.2) is 9.98 Å². The lowest BCUT2D eigenvalue weighted by Crippen LogP contribution is -2.34. The molecule has 2 atom stereocenters. The number of furan rings is 1. The van der Waals surface area contributed by atoms with Crippen LogP contribution in [0, 0.1) is 0 Å². The average Bonchev–Trinajstić information content (AvgIpc) is 3.33. The van der Waals surface area contributed by atoms with Crippen LogP contribution in [0.2, 0.25) is 0 Å². The maximum Gasteiger partial charge on any atom is 0.147 e. The van der Waals surface area contributed by atoms with Crippen molar-refractivity contribution in [3.05, 3.63) is 126 Å². The lowest BCUT2D eigenvalue weighted by molar-refractivity contribution is 0.529. The first-order valence-electron chi connectivity index (χ1n) is 12.0. The van der Waals surface area contributed by atoms with E-state index in [0.717, 1.165) is 56.9 Å². The van der Waals surface area contributed by atoms with Crippen molar-refractivity contribution in [3.63, 3.8) is 0 Å². The van der Waals surface area contributed by atoms with Crippen molar-refractivity contribution in [1.82, 2.24) is 5.32 Å². The molecule has 7 rings (SSSR count). The van der Waals surface area contributed by atoms with E-state index in [0.29, 0.717) is 0 Å². The molecule has 1 aliphatic carbocycles. The van der Waals surface area contributed by atoms with Gasteiger partial charge in [0.1, 0.15) is 29.2 Å². The SMILES string of the molecule is C1=Cc2c(oc3c2ccc2ccccc23)C(C2=NC(c3ccccc3)NC(c3ccccc3)=N2)C1. The molecule has 4 nitrogen and oxygen atoms in total. The second-order valence-corrected chi connectivity index (χ2v) is 9.01. The van der Waals surface area contributed by atoms with Gasteiger partial charge < -0.3 is 9.73 Å². The van der Waals surface area contributed by atoms with Crippen molar-refractivity contribution in [2.75, 3.05) is 0 Å². The highest BCUT2D eigenvalue weighted by Gasteiger charge is 2.31. The molecule has 0 bridgehead atoms. The largest absolute Gasteiger partial charge is 0.459 e. The summed E-state index contributed by atoms with van der Waals surface area (Å²) in [5.74, 6) is 2.53. The highest BCUT2D eigenvalue weighted by atomic mass is 16.3. The van der Waals surface area contributed by atoms with Crippen LogP contribution in [0.15, 0.2) is 118 Å². The lowest BCUT2D eigenvalue weighted by atomic mass is 9.90. The normalized spacial score (nSPS) is 19.2. The molecule has 4 aromatic carbocycles. The second-order valence-electron chi connectivity index (χ2n) is 9.01. The minimum Gasteiger partial charge on any atom is -0.459 e. The number of amidine groups is 2. The first-order valence-corrected chi connectivity index (χ1v) is 12.0. The van der Waals surface area contributed by atoms with E-state index in [1.807, 2.05) is 36.4 Å². The Kier molecular flexibility index (Phi) is 4.62. The topological polar surface area (TPSA) is 49.9 Å². The van der Waals surface area contributed by atoms with Gasteiger partial charge in [-0.1, -0.05) is 103 Å². The summed E-state index contributed by atoms with van der Waals surface area (Å²) in [7, 11) is 0. The molecule has 35 heavy (non-hydrogen) atoms. The van der Waals surface area contributed by atoms with Gasteiger partial charge in [0, 0.05) is 21.9 Å². The zero-order valence-corrected chi connectivity index (χ0v) is 19.1. The molecule has 0 saturated heterocycles. The van der Waals surface area contributed by atoms with Gasteiger partial charge in [-0.2, -0.15) is 0 Å². The Bertz CT molecular complexity index is 1640. The van der Waals surface area contributed by atoms with Crippen LogP contribution in [0.25, 0.3) is 27.8 Å². The van der Waals surface area contributed by atoms with Crippen molar-refractivity contribution in [2.24, 2.45) is 9.98 Å². The first-order chi connectivity index (χ1) is 17.3. The van der Waals surface area contributed by atoms with E-state index in [4.69, 9.17) is 14.4 Å². The molecule has 0 saturated carbocycles. The van der Waals surface area contributed by atoms with E-state index in [2.05, 4.69) is 78.1 Å². The molecule has 168 valence electrons. The minimum absolute atomic E-state index is 0.0480. The van der Waals surface area contributed by atoms with Gasteiger partial charge in [-0.3, -0.25) is 0 Å². The van der Waals surface area contributed by atoms with Gasteiger partial charge in [0.2, 0.25) is 0 Å². The second kappa shape index (κ2) is 8.10. The summed E-state index contributed by atoms with van der Waals surface area (Å²) in [6, 6.07) is 33.3. The van der Waals surface area contributed by atoms with E-state index in [-0.39, 0.29) is 12.1 Å². The smallest absolute Gasteiger partial charge is 0.147 e. The first kappa shape index (κ1) is 20.0. The lowest BCUT2D eigenvalue weighted by Gasteiger charge is -2.27. The summed E-state index contributed by atoms with van der Waals surface area (Å²) in [4.78, 5) is 10.2. The van der Waals surface area contributed by atoms with Crippen LogP contribution < -0.4 is 5.32 Å². The van der Waals surface area contributed by atoms with E-state index >= 15 is 0 Å². The average molecular weight is 454 g/mol. The van der Waals surface area contributed by atoms with Crippen LogP contribution in [-0.2, 0) is 0 Å². The summed E-state index contributed by atoms with van der Waals surface area (Å²) >= 11 is 0. The number of rotatable bonds is 3. The Morgan fingerprint density at radius 1 is 0.771 bits per heavy atom. The molecular weight excluding hydrogens is 430 g/mol. The molecule has 4 heteroatoms. The minimum atomic E-state index is -0.210. The maximum absolute atomic E-state index is 6.63. The number of hydrogen-bond acceptors (Lipinski definition) is 4. The number of fused-ring (bicyclic) bond motifs is 5. The third kappa shape index (κ3) is 3.38. The predicted octanol–water partition coefficient (Wildman–Crippen LogP) is 7.23. The summed E-state index contributed by atoms with van der Waals surface area (Å²) < 4.78 is 6.63. The van der Waals surface area contributed by atoms with E-state index in [1.165, 1.54) is 5.39 Å². The summed E-state index contributed by atoms with van der Waals surface area (Å²) in [6.45, 7) is 0. The fraction of sp³-hybridized carbons (Fsp3) is 0.0968. The monoisotopic (exact) mass is 453 g/mol. The number of aliphatic imine (C=N–C) groups is 2. The van der Waals surface area contributed by atoms with Crippen LogP contribution in [0.1, 0.15) is 41.0 Å². The Hall–Kier alpha value is -4.44. The summed E-state index contributed by atoms with van der Waals surface area (Å²) in [5.41, 5.74) is 4.22. The van der Waals surface area contributed by atoms with Gasteiger partial charge in [-0.05, 0) is 23.4 Å². The van der Waals surface area contributed by atoms with E-state index < -0.39 is 0 Å². The third-order valence-electron chi connectivity index (χ3n) is 6.86. The molecule has 0 spiro atoms. The number of allylic oxidation sites excluding steroid dienone is 1. The molecule has 5 aromatic rings. The molecule has 0 radical (unpaired) electrons. The van der Waals surface area contributed by atoms with Gasteiger partial charge in [0.15, 0.2) is 0 Å². The molecule has 2 aliphatic rings. The maximum atomic E-state index is 6.63. The highest BCUT2D eigenvalue weighted by molar-refractivity contribution is 6.11. The zero-order chi connectivity index (χ0) is 23.2. The van der Waals surface area contributed by atoms with Crippen LogP contribution in [-0.4, -0.2) is 11.7 Å². The number of hydrogen-bond donors (Lipinski definition) is 1. The Morgan fingerprint density at radius 2 is 1.54 bits per heavy atom.